The van der Waals surface area contributed by atoms with Crippen molar-refractivity contribution in [1.29, 1.82) is 0 Å². The second-order valence-electron chi connectivity index (χ2n) is 7.15. The Bertz CT molecular complexity index is 923. The average Bonchev–Trinajstić information content (AvgIpc) is 3.11. The number of nitrogens with zero attached hydrogens (tertiary/aromatic N) is 2. The zero-order chi connectivity index (χ0) is 19.5. The van der Waals surface area contributed by atoms with Gasteiger partial charge in [0.25, 0.3) is 5.56 Å². The molecular weight excluding hydrogens is 363 g/mol. The molecule has 2 heterocycles. The van der Waals surface area contributed by atoms with Crippen LogP contribution in [-0.2, 0) is 17.9 Å². The number of methoxy groups -OCH3 is 1. The third-order valence-electron chi connectivity index (χ3n) is 5.17. The number of benzene rings is 1. The Kier molecular flexibility index (Phi) is 5.43. The molecule has 0 bridgehead atoms. The predicted molar refractivity (Wildman–Crippen MR) is 101 cm³/mol. The summed E-state index contributed by atoms with van der Waals surface area (Å²) in [5.41, 5.74) is 1.60. The molecule has 28 heavy (non-hydrogen) atoms. The van der Waals surface area contributed by atoms with Crippen molar-refractivity contribution in [2.24, 2.45) is 0 Å². The van der Waals surface area contributed by atoms with E-state index in [9.17, 15) is 9.18 Å². The lowest BCUT2D eigenvalue weighted by Crippen LogP contribution is -2.23. The van der Waals surface area contributed by atoms with Gasteiger partial charge in [-0.2, -0.15) is 4.98 Å². The number of halogens is 1. The van der Waals surface area contributed by atoms with E-state index in [-0.39, 0.29) is 17.5 Å². The van der Waals surface area contributed by atoms with Crippen molar-refractivity contribution in [1.82, 2.24) is 9.55 Å². The van der Waals surface area contributed by atoms with E-state index in [4.69, 9.17) is 14.2 Å². The molecule has 6 nitrogen and oxygen atoms in total. The molecule has 0 spiro atoms. The largest absolute Gasteiger partial charge is 0.490 e. The van der Waals surface area contributed by atoms with E-state index >= 15 is 0 Å². The molecule has 2 aliphatic rings. The zero-order valence-electron chi connectivity index (χ0n) is 15.8. The fraction of sp³-hybridized carbons (Fsp3) is 0.429. The normalized spacial score (nSPS) is 21.0. The molecule has 1 aromatic heterocycles. The lowest BCUT2D eigenvalue weighted by molar-refractivity contribution is 0.143. The third kappa shape index (κ3) is 4.09. The minimum Gasteiger partial charge on any atom is -0.490 e. The molecule has 1 aromatic carbocycles. The Morgan fingerprint density at radius 3 is 2.86 bits per heavy atom. The number of aromatic nitrogens is 2. The van der Waals surface area contributed by atoms with Crippen LogP contribution < -0.4 is 15.0 Å². The lowest BCUT2D eigenvalue weighted by Gasteiger charge is -2.19. The summed E-state index contributed by atoms with van der Waals surface area (Å²) in [4.78, 5) is 15.6. The molecule has 0 amide bonds. The summed E-state index contributed by atoms with van der Waals surface area (Å²) in [6.45, 7) is 1.23. The molecule has 148 valence electrons. The van der Waals surface area contributed by atoms with E-state index in [2.05, 4.69) is 4.98 Å². The van der Waals surface area contributed by atoms with Gasteiger partial charge >= 0.3 is 6.01 Å². The van der Waals surface area contributed by atoms with Gasteiger partial charge in [0.05, 0.1) is 24.7 Å². The molecule has 0 N–H and O–H groups in total. The third-order valence-corrected chi connectivity index (χ3v) is 5.17. The van der Waals surface area contributed by atoms with E-state index in [1.54, 1.807) is 13.2 Å². The Hall–Kier alpha value is -2.67. The van der Waals surface area contributed by atoms with Crippen LogP contribution in [0, 0.1) is 0 Å². The van der Waals surface area contributed by atoms with E-state index in [0.29, 0.717) is 38.1 Å². The quantitative estimate of drug-likeness (QED) is 0.762. The Balaban J connectivity index is 1.35. The number of ether oxygens (including phenoxy) is 3. The van der Waals surface area contributed by atoms with E-state index < -0.39 is 0 Å². The highest BCUT2D eigenvalue weighted by molar-refractivity contribution is 5.30. The lowest BCUT2D eigenvalue weighted by atomic mass is 9.87. The van der Waals surface area contributed by atoms with Crippen molar-refractivity contribution in [3.63, 3.8) is 0 Å². The summed E-state index contributed by atoms with van der Waals surface area (Å²) in [7, 11) is 1.58. The van der Waals surface area contributed by atoms with Gasteiger partial charge < -0.3 is 14.2 Å². The molecule has 7 heteroatoms. The minimum atomic E-state index is -0.340. The highest BCUT2D eigenvalue weighted by Gasteiger charge is 2.26. The topological polar surface area (TPSA) is 62.6 Å². The van der Waals surface area contributed by atoms with Crippen molar-refractivity contribution < 1.29 is 18.6 Å². The summed E-state index contributed by atoms with van der Waals surface area (Å²) < 4.78 is 31.8. The molecule has 2 atom stereocenters. The van der Waals surface area contributed by atoms with E-state index in [1.807, 2.05) is 28.8 Å². The number of fused-ring (bicyclic) bond motifs is 1. The Morgan fingerprint density at radius 1 is 1.32 bits per heavy atom. The SMILES string of the molecule is COCc1cc(=O)nc2n1C[C@@H](COc1ccc(C3CC=C(F)CC3)cc1)O2. The van der Waals surface area contributed by atoms with Crippen LogP contribution in [-0.4, -0.2) is 29.4 Å². The van der Waals surface area contributed by atoms with Gasteiger partial charge in [0.15, 0.2) is 6.10 Å². The van der Waals surface area contributed by atoms with Crippen molar-refractivity contribution in [3.05, 3.63) is 63.8 Å². The summed E-state index contributed by atoms with van der Waals surface area (Å²) >= 11 is 0. The number of allylic oxidation sites excluding steroid dienone is 2. The first-order chi connectivity index (χ1) is 13.6. The van der Waals surface area contributed by atoms with Crippen molar-refractivity contribution >= 4 is 0 Å². The molecule has 0 fully saturated rings. The number of hydrogen-bond donors (Lipinski definition) is 0. The summed E-state index contributed by atoms with van der Waals surface area (Å²) in [5.74, 6) is 1.11. The van der Waals surface area contributed by atoms with Crippen LogP contribution >= 0.6 is 0 Å². The van der Waals surface area contributed by atoms with Crippen LogP contribution in [0.25, 0.3) is 0 Å². The highest BCUT2D eigenvalue weighted by atomic mass is 19.1. The summed E-state index contributed by atoms with van der Waals surface area (Å²) in [6.07, 6.45) is 3.56. The first kappa shape index (κ1) is 18.7. The van der Waals surface area contributed by atoms with Gasteiger partial charge in [-0.1, -0.05) is 18.2 Å². The molecule has 1 unspecified atom stereocenters. The van der Waals surface area contributed by atoms with Crippen molar-refractivity contribution in [2.75, 3.05) is 13.7 Å². The predicted octanol–water partition coefficient (Wildman–Crippen LogP) is 3.35. The fourth-order valence-corrected chi connectivity index (χ4v) is 3.69. The Morgan fingerprint density at radius 2 is 2.14 bits per heavy atom. The highest BCUT2D eigenvalue weighted by Crippen LogP contribution is 2.33. The second-order valence-corrected chi connectivity index (χ2v) is 7.15. The maximum atomic E-state index is 13.2. The summed E-state index contributed by atoms with van der Waals surface area (Å²) in [6, 6.07) is 9.72. The molecular formula is C21H23FN2O4. The first-order valence-electron chi connectivity index (χ1n) is 9.46. The standard InChI is InChI=1S/C21H23FN2O4/c1-26-12-17-10-20(25)23-21-24(17)11-19(28-21)13-27-18-8-4-15(5-9-18)14-2-6-16(22)7-3-14/h4-6,8-10,14,19H,2-3,7,11-13H2,1H3/t14?,19-/m0/s1. The van der Waals surface area contributed by atoms with Crippen LogP contribution in [0.1, 0.15) is 36.4 Å². The van der Waals surface area contributed by atoms with Gasteiger partial charge in [0, 0.05) is 13.2 Å². The van der Waals surface area contributed by atoms with Crippen LogP contribution in [0.4, 0.5) is 4.39 Å². The average molecular weight is 386 g/mol. The molecule has 1 aliphatic heterocycles. The molecule has 0 saturated carbocycles. The van der Waals surface area contributed by atoms with Crippen molar-refractivity contribution in [2.45, 2.75) is 44.4 Å². The molecule has 4 rings (SSSR count). The molecule has 0 radical (unpaired) electrons. The maximum absolute atomic E-state index is 13.2. The van der Waals surface area contributed by atoms with Gasteiger partial charge in [-0.3, -0.25) is 9.36 Å². The van der Waals surface area contributed by atoms with Gasteiger partial charge in [0.2, 0.25) is 0 Å². The molecule has 2 aromatic rings. The second kappa shape index (κ2) is 8.14. The van der Waals surface area contributed by atoms with Crippen LogP contribution in [0.15, 0.2) is 47.0 Å². The number of hydrogen-bond acceptors (Lipinski definition) is 5. The van der Waals surface area contributed by atoms with E-state index in [1.165, 1.54) is 11.6 Å². The first-order valence-corrected chi connectivity index (χ1v) is 9.46. The van der Waals surface area contributed by atoms with Gasteiger partial charge in [-0.15, -0.1) is 0 Å². The minimum absolute atomic E-state index is 0.00104. The van der Waals surface area contributed by atoms with Crippen LogP contribution in [0.2, 0.25) is 0 Å². The fourth-order valence-electron chi connectivity index (χ4n) is 3.69. The van der Waals surface area contributed by atoms with E-state index in [0.717, 1.165) is 24.3 Å². The van der Waals surface area contributed by atoms with Crippen LogP contribution in [0.5, 0.6) is 11.8 Å². The smallest absolute Gasteiger partial charge is 0.300 e. The van der Waals surface area contributed by atoms with Gasteiger partial charge in [-0.25, -0.2) is 4.39 Å². The summed E-state index contributed by atoms with van der Waals surface area (Å²) in [5, 5.41) is 0. The number of rotatable bonds is 6. The monoisotopic (exact) mass is 386 g/mol. The zero-order valence-corrected chi connectivity index (χ0v) is 15.8. The van der Waals surface area contributed by atoms with Crippen LogP contribution in [0.3, 0.4) is 0 Å². The molecule has 1 aliphatic carbocycles. The Labute approximate surface area is 162 Å². The maximum Gasteiger partial charge on any atom is 0.300 e. The molecule has 0 saturated heterocycles. The van der Waals surface area contributed by atoms with Gasteiger partial charge in [0.1, 0.15) is 12.4 Å². The van der Waals surface area contributed by atoms with Crippen molar-refractivity contribution in [3.8, 4) is 11.8 Å². The van der Waals surface area contributed by atoms with Gasteiger partial charge in [-0.05, 0) is 42.9 Å².